The van der Waals surface area contributed by atoms with Crippen LogP contribution >= 0.6 is 0 Å². The second-order valence-electron chi connectivity index (χ2n) is 10.5. The Balaban J connectivity index is 1.10. The number of ether oxygens (including phenoxy) is 1. The average molecular weight is 481 g/mol. The summed E-state index contributed by atoms with van der Waals surface area (Å²) in [6.07, 6.45) is 6.96. The van der Waals surface area contributed by atoms with Gasteiger partial charge in [-0.1, -0.05) is 35.5 Å². The van der Waals surface area contributed by atoms with Gasteiger partial charge < -0.3 is 19.1 Å². The van der Waals surface area contributed by atoms with E-state index in [1.54, 1.807) is 6.92 Å². The van der Waals surface area contributed by atoms with Crippen molar-refractivity contribution in [3.8, 4) is 11.4 Å². The quantitative estimate of drug-likeness (QED) is 0.648. The Morgan fingerprint density at radius 3 is 2.46 bits per heavy atom. The topological polar surface area (TPSA) is 88.8 Å². The van der Waals surface area contributed by atoms with E-state index in [9.17, 15) is 9.59 Å². The van der Waals surface area contributed by atoms with Crippen LogP contribution in [0.2, 0.25) is 0 Å². The van der Waals surface area contributed by atoms with Gasteiger partial charge in [-0.15, -0.1) is 0 Å². The fourth-order valence-electron chi connectivity index (χ4n) is 5.93. The van der Waals surface area contributed by atoms with Crippen molar-refractivity contribution in [2.24, 2.45) is 11.8 Å². The zero-order chi connectivity index (χ0) is 24.3. The summed E-state index contributed by atoms with van der Waals surface area (Å²) in [5.74, 6) is 2.56. The number of amides is 2. The van der Waals surface area contributed by atoms with Gasteiger partial charge in [0.2, 0.25) is 23.5 Å². The lowest BCUT2D eigenvalue weighted by Crippen LogP contribution is -2.51. The molecule has 2 aromatic rings. The summed E-state index contributed by atoms with van der Waals surface area (Å²) in [4.78, 5) is 33.0. The van der Waals surface area contributed by atoms with Crippen LogP contribution in [0, 0.1) is 11.8 Å². The van der Waals surface area contributed by atoms with Crippen LogP contribution in [0.5, 0.6) is 0 Å². The van der Waals surface area contributed by atoms with E-state index in [-0.39, 0.29) is 17.4 Å². The predicted octanol–water partition coefficient (Wildman–Crippen LogP) is 3.72. The van der Waals surface area contributed by atoms with Crippen LogP contribution in [-0.2, 0) is 20.7 Å². The van der Waals surface area contributed by atoms with Crippen molar-refractivity contribution < 1.29 is 18.8 Å². The van der Waals surface area contributed by atoms with E-state index in [1.807, 2.05) is 40.1 Å². The first kappa shape index (κ1) is 24.0. The molecule has 2 amide bonds. The molecule has 3 saturated heterocycles. The van der Waals surface area contributed by atoms with E-state index in [4.69, 9.17) is 9.26 Å². The van der Waals surface area contributed by atoms with Crippen molar-refractivity contribution in [3.63, 3.8) is 0 Å². The SMILES string of the molecule is CC(=O)N1CCC(CC(=O)N2CCC3(CC2)CC(Cc2nc(-c4ccccc4)no2)CCO3)CC1. The monoisotopic (exact) mass is 480 g/mol. The third-order valence-electron chi connectivity index (χ3n) is 8.11. The number of hydrogen-bond donors (Lipinski definition) is 0. The minimum Gasteiger partial charge on any atom is -0.375 e. The zero-order valence-electron chi connectivity index (χ0n) is 20.7. The third kappa shape index (κ3) is 5.74. The number of benzene rings is 1. The highest BCUT2D eigenvalue weighted by Crippen LogP contribution is 2.39. The Morgan fingerprint density at radius 1 is 1.00 bits per heavy atom. The normalized spacial score (nSPS) is 22.9. The van der Waals surface area contributed by atoms with Crippen LogP contribution in [0.3, 0.4) is 0 Å². The van der Waals surface area contributed by atoms with Gasteiger partial charge in [0.1, 0.15) is 0 Å². The standard InChI is InChI=1S/C27H36N4O4/c1-20(32)30-12-7-21(8-13-30)18-25(33)31-14-10-27(11-15-31)19-22(9-16-34-27)17-24-28-26(29-35-24)23-5-3-2-4-6-23/h2-6,21-22H,7-19H2,1H3. The second-order valence-corrected chi connectivity index (χ2v) is 10.5. The van der Waals surface area contributed by atoms with Gasteiger partial charge in [0, 0.05) is 58.1 Å². The number of likely N-dealkylation sites (tertiary alicyclic amines) is 2. The molecule has 5 rings (SSSR count). The smallest absolute Gasteiger partial charge is 0.227 e. The van der Waals surface area contributed by atoms with Crippen LogP contribution in [0.25, 0.3) is 11.4 Å². The van der Waals surface area contributed by atoms with E-state index in [2.05, 4.69) is 10.1 Å². The number of rotatable bonds is 5. The van der Waals surface area contributed by atoms with Gasteiger partial charge in [0.05, 0.1) is 5.60 Å². The minimum absolute atomic E-state index is 0.137. The molecule has 8 nitrogen and oxygen atoms in total. The van der Waals surface area contributed by atoms with Gasteiger partial charge in [-0.3, -0.25) is 9.59 Å². The lowest BCUT2D eigenvalue weighted by atomic mass is 9.78. The summed E-state index contributed by atoms with van der Waals surface area (Å²) in [6, 6.07) is 9.90. The third-order valence-corrected chi connectivity index (χ3v) is 8.11. The largest absolute Gasteiger partial charge is 0.375 e. The summed E-state index contributed by atoms with van der Waals surface area (Å²) in [7, 11) is 0. The molecule has 0 bridgehead atoms. The molecule has 3 aliphatic rings. The summed E-state index contributed by atoms with van der Waals surface area (Å²) in [6.45, 7) is 5.44. The lowest BCUT2D eigenvalue weighted by molar-refractivity contribution is -0.148. The molecule has 0 saturated carbocycles. The van der Waals surface area contributed by atoms with Gasteiger partial charge >= 0.3 is 0 Å². The molecule has 0 radical (unpaired) electrons. The van der Waals surface area contributed by atoms with E-state index >= 15 is 0 Å². The van der Waals surface area contributed by atoms with E-state index in [0.717, 1.165) is 83.3 Å². The predicted molar refractivity (Wildman–Crippen MR) is 130 cm³/mol. The molecule has 35 heavy (non-hydrogen) atoms. The summed E-state index contributed by atoms with van der Waals surface area (Å²) >= 11 is 0. The average Bonchev–Trinajstić information content (AvgIpc) is 3.34. The molecule has 4 heterocycles. The summed E-state index contributed by atoms with van der Waals surface area (Å²) in [5, 5.41) is 4.17. The van der Waals surface area contributed by atoms with Gasteiger partial charge in [-0.25, -0.2) is 0 Å². The van der Waals surface area contributed by atoms with Crippen LogP contribution in [0.4, 0.5) is 0 Å². The Labute approximate surface area is 207 Å². The molecular formula is C27H36N4O4. The zero-order valence-corrected chi connectivity index (χ0v) is 20.7. The minimum atomic E-state index is -0.144. The summed E-state index contributed by atoms with van der Waals surface area (Å²) in [5.41, 5.74) is 0.821. The fourth-order valence-corrected chi connectivity index (χ4v) is 5.93. The van der Waals surface area contributed by atoms with E-state index in [1.165, 1.54) is 0 Å². The molecule has 1 unspecified atom stereocenters. The first-order chi connectivity index (χ1) is 17.0. The Hall–Kier alpha value is -2.74. The number of piperidine rings is 2. The Kier molecular flexibility index (Phi) is 7.18. The van der Waals surface area contributed by atoms with E-state index in [0.29, 0.717) is 30.0 Å². The summed E-state index contributed by atoms with van der Waals surface area (Å²) < 4.78 is 11.9. The fraction of sp³-hybridized carbons (Fsp3) is 0.630. The maximum atomic E-state index is 13.0. The van der Waals surface area contributed by atoms with Crippen molar-refractivity contribution in [1.82, 2.24) is 19.9 Å². The molecule has 1 spiro atoms. The first-order valence-corrected chi connectivity index (χ1v) is 13.0. The van der Waals surface area contributed by atoms with Gasteiger partial charge in [0.25, 0.3) is 0 Å². The maximum Gasteiger partial charge on any atom is 0.227 e. The Morgan fingerprint density at radius 2 is 1.74 bits per heavy atom. The molecule has 1 atom stereocenters. The van der Waals surface area contributed by atoms with Crippen molar-refractivity contribution in [2.45, 2.75) is 63.9 Å². The molecule has 3 fully saturated rings. The maximum absolute atomic E-state index is 13.0. The Bertz CT molecular complexity index is 1010. The molecule has 8 heteroatoms. The molecule has 3 aliphatic heterocycles. The molecule has 1 aromatic heterocycles. The van der Waals surface area contributed by atoms with Crippen molar-refractivity contribution in [3.05, 3.63) is 36.2 Å². The highest BCUT2D eigenvalue weighted by molar-refractivity contribution is 5.77. The molecule has 0 aliphatic carbocycles. The number of carbonyl (C=O) groups excluding carboxylic acids is 2. The van der Waals surface area contributed by atoms with Crippen LogP contribution < -0.4 is 0 Å². The first-order valence-electron chi connectivity index (χ1n) is 13.0. The molecule has 0 N–H and O–H groups in total. The lowest BCUT2D eigenvalue weighted by Gasteiger charge is -2.46. The number of aromatic nitrogens is 2. The van der Waals surface area contributed by atoms with Crippen molar-refractivity contribution in [1.29, 1.82) is 0 Å². The molecule has 1 aromatic carbocycles. The van der Waals surface area contributed by atoms with Gasteiger partial charge in [-0.05, 0) is 50.4 Å². The van der Waals surface area contributed by atoms with Crippen LogP contribution in [0.15, 0.2) is 34.9 Å². The van der Waals surface area contributed by atoms with Crippen molar-refractivity contribution in [2.75, 3.05) is 32.8 Å². The van der Waals surface area contributed by atoms with Crippen LogP contribution in [-0.4, -0.2) is 70.1 Å². The molecule has 188 valence electrons. The number of nitrogens with zero attached hydrogens (tertiary/aromatic N) is 4. The van der Waals surface area contributed by atoms with Crippen molar-refractivity contribution >= 4 is 11.8 Å². The molecular weight excluding hydrogens is 444 g/mol. The van der Waals surface area contributed by atoms with Crippen LogP contribution in [0.1, 0.15) is 57.8 Å². The highest BCUT2D eigenvalue weighted by Gasteiger charge is 2.41. The number of hydrogen-bond acceptors (Lipinski definition) is 6. The van der Waals surface area contributed by atoms with Gasteiger partial charge in [0.15, 0.2) is 0 Å². The second kappa shape index (κ2) is 10.5. The highest BCUT2D eigenvalue weighted by atomic mass is 16.5. The van der Waals surface area contributed by atoms with E-state index < -0.39 is 0 Å². The van der Waals surface area contributed by atoms with Gasteiger partial charge in [-0.2, -0.15) is 4.98 Å². The number of carbonyl (C=O) groups is 2.